The Hall–Kier alpha value is -2.04. The number of carbonyl (C=O) groups excluding carboxylic acids is 2. The van der Waals surface area contributed by atoms with Crippen LogP contribution in [0.15, 0.2) is 42.5 Å². The van der Waals surface area contributed by atoms with Crippen molar-refractivity contribution in [3.05, 3.63) is 63.6 Å². The standard InChI is InChI=1S/C19H20Cl2N2O2/c1-3-5-13-8-10-14(11-9-13)23-18(24)12(2)22-19(25)15-6-4-7-16(20)17(15)21/h4,6-12H,3,5H2,1-2H3,(H,22,25)(H,23,24). The molecule has 132 valence electrons. The molecule has 25 heavy (non-hydrogen) atoms. The molecule has 2 N–H and O–H groups in total. The highest BCUT2D eigenvalue weighted by Gasteiger charge is 2.19. The molecule has 0 fully saturated rings. The normalized spacial score (nSPS) is 11.7. The molecule has 1 atom stereocenters. The van der Waals surface area contributed by atoms with Gasteiger partial charge in [0.25, 0.3) is 5.91 Å². The van der Waals surface area contributed by atoms with Gasteiger partial charge in [-0.15, -0.1) is 0 Å². The maximum absolute atomic E-state index is 12.3. The molecular weight excluding hydrogens is 359 g/mol. The van der Waals surface area contributed by atoms with E-state index >= 15 is 0 Å². The summed E-state index contributed by atoms with van der Waals surface area (Å²) in [5.74, 6) is -0.761. The van der Waals surface area contributed by atoms with Gasteiger partial charge in [0, 0.05) is 5.69 Å². The number of hydrogen-bond acceptors (Lipinski definition) is 2. The number of hydrogen-bond donors (Lipinski definition) is 2. The molecule has 0 saturated heterocycles. The average molecular weight is 379 g/mol. The highest BCUT2D eigenvalue weighted by atomic mass is 35.5. The molecule has 2 rings (SSSR count). The Morgan fingerprint density at radius 1 is 1.08 bits per heavy atom. The quantitative estimate of drug-likeness (QED) is 0.764. The van der Waals surface area contributed by atoms with E-state index in [-0.39, 0.29) is 16.5 Å². The van der Waals surface area contributed by atoms with Gasteiger partial charge in [0.05, 0.1) is 15.6 Å². The summed E-state index contributed by atoms with van der Waals surface area (Å²) >= 11 is 11.9. The van der Waals surface area contributed by atoms with Crippen LogP contribution in [0, 0.1) is 0 Å². The van der Waals surface area contributed by atoms with Crippen molar-refractivity contribution in [2.75, 3.05) is 5.32 Å². The summed E-state index contributed by atoms with van der Waals surface area (Å²) in [7, 11) is 0. The number of rotatable bonds is 6. The highest BCUT2D eigenvalue weighted by Crippen LogP contribution is 2.25. The van der Waals surface area contributed by atoms with E-state index in [1.165, 1.54) is 5.56 Å². The van der Waals surface area contributed by atoms with Crippen molar-refractivity contribution in [3.8, 4) is 0 Å². The lowest BCUT2D eigenvalue weighted by Crippen LogP contribution is -2.41. The molecule has 0 spiro atoms. The van der Waals surface area contributed by atoms with Crippen molar-refractivity contribution in [2.45, 2.75) is 32.7 Å². The lowest BCUT2D eigenvalue weighted by atomic mass is 10.1. The van der Waals surface area contributed by atoms with Gasteiger partial charge in [-0.05, 0) is 43.2 Å². The third-order valence-corrected chi connectivity index (χ3v) is 4.52. The Bertz CT molecular complexity index is 761. The number of halogens is 2. The fourth-order valence-corrected chi connectivity index (χ4v) is 2.70. The van der Waals surface area contributed by atoms with Crippen LogP contribution in [0.3, 0.4) is 0 Å². The van der Waals surface area contributed by atoms with Gasteiger partial charge in [0.1, 0.15) is 6.04 Å². The van der Waals surface area contributed by atoms with E-state index in [4.69, 9.17) is 23.2 Å². The minimum atomic E-state index is -0.724. The van der Waals surface area contributed by atoms with Crippen molar-refractivity contribution >= 4 is 40.7 Å². The molecule has 4 nitrogen and oxygen atoms in total. The number of carbonyl (C=O) groups is 2. The summed E-state index contributed by atoms with van der Waals surface area (Å²) in [6, 6.07) is 11.7. The molecule has 2 aromatic rings. The van der Waals surface area contributed by atoms with Crippen LogP contribution in [-0.2, 0) is 11.2 Å². The Kier molecular flexibility index (Phi) is 6.85. The average Bonchev–Trinajstić information content (AvgIpc) is 2.59. The zero-order valence-electron chi connectivity index (χ0n) is 14.1. The number of nitrogens with one attached hydrogen (secondary N) is 2. The molecule has 0 radical (unpaired) electrons. The predicted molar refractivity (Wildman–Crippen MR) is 102 cm³/mol. The van der Waals surface area contributed by atoms with Gasteiger partial charge in [0.2, 0.25) is 5.91 Å². The van der Waals surface area contributed by atoms with Gasteiger partial charge in [-0.1, -0.05) is 54.7 Å². The molecule has 0 saturated carbocycles. The third kappa shape index (κ3) is 5.21. The zero-order valence-corrected chi connectivity index (χ0v) is 15.6. The fraction of sp³-hybridized carbons (Fsp3) is 0.263. The first-order chi connectivity index (χ1) is 11.9. The van der Waals surface area contributed by atoms with Crippen molar-refractivity contribution in [1.29, 1.82) is 0 Å². The lowest BCUT2D eigenvalue weighted by Gasteiger charge is -2.15. The molecule has 6 heteroatoms. The van der Waals surface area contributed by atoms with E-state index in [2.05, 4.69) is 17.6 Å². The maximum atomic E-state index is 12.3. The van der Waals surface area contributed by atoms with Crippen LogP contribution in [0.25, 0.3) is 0 Å². The second-order valence-corrected chi connectivity index (χ2v) is 6.52. The van der Waals surface area contributed by atoms with Gasteiger partial charge in [-0.25, -0.2) is 0 Å². The van der Waals surface area contributed by atoms with E-state index in [0.717, 1.165) is 12.8 Å². The maximum Gasteiger partial charge on any atom is 0.253 e. The first-order valence-electron chi connectivity index (χ1n) is 8.07. The molecule has 0 bridgehead atoms. The second-order valence-electron chi connectivity index (χ2n) is 5.73. The van der Waals surface area contributed by atoms with Crippen LogP contribution in [-0.4, -0.2) is 17.9 Å². The highest BCUT2D eigenvalue weighted by molar-refractivity contribution is 6.43. The largest absolute Gasteiger partial charge is 0.340 e. The summed E-state index contributed by atoms with van der Waals surface area (Å²) in [5, 5.41) is 5.86. The summed E-state index contributed by atoms with van der Waals surface area (Å²) in [4.78, 5) is 24.5. The molecule has 2 aromatic carbocycles. The molecule has 2 amide bonds. The van der Waals surface area contributed by atoms with Gasteiger partial charge in [-0.3, -0.25) is 9.59 Å². The predicted octanol–water partition coefficient (Wildman–Crippen LogP) is 4.70. The Balaban J connectivity index is 1.97. The Labute approximate surface area is 157 Å². The van der Waals surface area contributed by atoms with Crippen molar-refractivity contribution < 1.29 is 9.59 Å². The van der Waals surface area contributed by atoms with Crippen LogP contribution in [0.4, 0.5) is 5.69 Å². The van der Waals surface area contributed by atoms with Crippen LogP contribution in [0.2, 0.25) is 10.0 Å². The third-order valence-electron chi connectivity index (χ3n) is 3.70. The monoisotopic (exact) mass is 378 g/mol. The van der Waals surface area contributed by atoms with Gasteiger partial charge >= 0.3 is 0 Å². The van der Waals surface area contributed by atoms with Crippen molar-refractivity contribution in [1.82, 2.24) is 5.32 Å². The minimum Gasteiger partial charge on any atom is -0.340 e. The number of anilines is 1. The van der Waals surface area contributed by atoms with Crippen LogP contribution in [0.5, 0.6) is 0 Å². The molecule has 0 aliphatic rings. The van der Waals surface area contributed by atoms with E-state index in [9.17, 15) is 9.59 Å². The zero-order chi connectivity index (χ0) is 18.4. The topological polar surface area (TPSA) is 58.2 Å². The fourth-order valence-electron chi connectivity index (χ4n) is 2.31. The van der Waals surface area contributed by atoms with E-state index < -0.39 is 11.9 Å². The first kappa shape index (κ1) is 19.3. The molecular formula is C19H20Cl2N2O2. The Morgan fingerprint density at radius 2 is 1.76 bits per heavy atom. The number of amides is 2. The van der Waals surface area contributed by atoms with E-state index in [1.54, 1.807) is 25.1 Å². The smallest absolute Gasteiger partial charge is 0.253 e. The minimum absolute atomic E-state index is 0.167. The molecule has 0 aliphatic heterocycles. The summed E-state index contributed by atoms with van der Waals surface area (Å²) < 4.78 is 0. The number of aryl methyl sites for hydroxylation is 1. The summed E-state index contributed by atoms with van der Waals surface area (Å²) in [6.45, 7) is 3.73. The van der Waals surface area contributed by atoms with Crippen molar-refractivity contribution in [2.24, 2.45) is 0 Å². The van der Waals surface area contributed by atoms with E-state index in [1.807, 2.05) is 24.3 Å². The van der Waals surface area contributed by atoms with Gasteiger partial charge in [0.15, 0.2) is 0 Å². The molecule has 0 heterocycles. The lowest BCUT2D eigenvalue weighted by molar-refractivity contribution is -0.117. The second kappa shape index (κ2) is 8.88. The van der Waals surface area contributed by atoms with Crippen molar-refractivity contribution in [3.63, 3.8) is 0 Å². The molecule has 0 aliphatic carbocycles. The molecule has 0 aromatic heterocycles. The summed E-state index contributed by atoms with van der Waals surface area (Å²) in [6.07, 6.45) is 2.07. The van der Waals surface area contributed by atoms with Gasteiger partial charge in [-0.2, -0.15) is 0 Å². The van der Waals surface area contributed by atoms with Crippen LogP contribution < -0.4 is 10.6 Å². The van der Waals surface area contributed by atoms with Gasteiger partial charge < -0.3 is 10.6 Å². The number of benzene rings is 2. The Morgan fingerprint density at radius 3 is 2.40 bits per heavy atom. The molecule has 1 unspecified atom stereocenters. The first-order valence-corrected chi connectivity index (χ1v) is 8.82. The van der Waals surface area contributed by atoms with E-state index in [0.29, 0.717) is 10.7 Å². The van der Waals surface area contributed by atoms with Crippen LogP contribution >= 0.6 is 23.2 Å². The SMILES string of the molecule is CCCc1ccc(NC(=O)C(C)NC(=O)c2cccc(Cl)c2Cl)cc1. The van der Waals surface area contributed by atoms with Crippen LogP contribution in [0.1, 0.15) is 36.2 Å². The summed E-state index contributed by atoms with van der Waals surface area (Å²) in [5.41, 5.74) is 2.14.